The van der Waals surface area contributed by atoms with Gasteiger partial charge in [-0.3, -0.25) is 0 Å². The summed E-state index contributed by atoms with van der Waals surface area (Å²) in [6, 6.07) is 9.00. The van der Waals surface area contributed by atoms with Crippen molar-refractivity contribution in [2.45, 2.75) is 0 Å². The van der Waals surface area contributed by atoms with Gasteiger partial charge in [0.1, 0.15) is 17.9 Å². The summed E-state index contributed by atoms with van der Waals surface area (Å²) in [6.07, 6.45) is 0. The van der Waals surface area contributed by atoms with Crippen LogP contribution in [0.2, 0.25) is 0 Å². The van der Waals surface area contributed by atoms with Crippen molar-refractivity contribution in [1.29, 1.82) is 10.5 Å². The molecule has 0 radical (unpaired) electrons. The number of rotatable bonds is 1. The topological polar surface area (TPSA) is 88.0 Å². The van der Waals surface area contributed by atoms with Crippen LogP contribution in [0.5, 0.6) is 5.75 Å². The van der Waals surface area contributed by atoms with Crippen LogP contribution in [-0.4, -0.2) is 10.2 Å². The molecule has 68 valence electrons. The Bertz CT molecular complexity index is 448. The number of phenolic OH excluding ortho intramolecular Hbond substituents is 1. The normalized spacial score (nSPS) is 8.43. The summed E-state index contributed by atoms with van der Waals surface area (Å²) in [5.74, 6) is -0.680. The van der Waals surface area contributed by atoms with Crippen molar-refractivity contribution in [1.82, 2.24) is 0 Å². The third kappa shape index (κ3) is 1.65. The van der Waals surface area contributed by atoms with Crippen LogP contribution in [0.4, 0.5) is 0 Å². The number of aromatic hydroxyl groups is 1. The molecule has 0 aliphatic rings. The fourth-order valence-corrected chi connectivity index (χ4v) is 0.939. The zero-order chi connectivity index (χ0) is 10.6. The van der Waals surface area contributed by atoms with Crippen molar-refractivity contribution < 1.29 is 10.2 Å². The third-order valence-corrected chi connectivity index (χ3v) is 1.62. The van der Waals surface area contributed by atoms with E-state index in [4.69, 9.17) is 10.5 Å². The number of nitriles is 2. The van der Waals surface area contributed by atoms with Crippen LogP contribution in [0.15, 0.2) is 29.8 Å². The summed E-state index contributed by atoms with van der Waals surface area (Å²) >= 11 is 0. The first-order valence-corrected chi connectivity index (χ1v) is 3.72. The molecule has 0 aliphatic heterocycles. The lowest BCUT2D eigenvalue weighted by molar-refractivity contribution is 0.460. The Morgan fingerprint density at radius 3 is 2.21 bits per heavy atom. The first kappa shape index (κ1) is 9.63. The predicted octanol–water partition coefficient (Wildman–Crippen LogP) is 1.71. The lowest BCUT2D eigenvalue weighted by Gasteiger charge is -2.01. The maximum Gasteiger partial charge on any atom is 0.171 e. The maximum atomic E-state index is 9.44. The van der Waals surface area contributed by atoms with Gasteiger partial charge in [0.25, 0.3) is 0 Å². The van der Waals surface area contributed by atoms with E-state index in [1.807, 2.05) is 0 Å². The minimum absolute atomic E-state index is 0.0746. The Hall–Kier alpha value is -2.46. The largest absolute Gasteiger partial charge is 0.507 e. The highest BCUT2D eigenvalue weighted by Crippen LogP contribution is 2.24. The SMILES string of the molecule is N#CC(C#N)=C(O)c1ccccc1O. The molecule has 0 bridgehead atoms. The molecule has 0 spiro atoms. The van der Waals surface area contributed by atoms with E-state index in [2.05, 4.69) is 0 Å². The molecule has 0 aliphatic carbocycles. The number of para-hydroxylation sites is 1. The van der Waals surface area contributed by atoms with Crippen LogP contribution >= 0.6 is 0 Å². The lowest BCUT2D eigenvalue weighted by atomic mass is 10.1. The van der Waals surface area contributed by atoms with Crippen molar-refractivity contribution in [2.24, 2.45) is 0 Å². The van der Waals surface area contributed by atoms with E-state index in [0.717, 1.165) is 0 Å². The molecule has 0 fully saturated rings. The van der Waals surface area contributed by atoms with Gasteiger partial charge in [-0.2, -0.15) is 10.5 Å². The van der Waals surface area contributed by atoms with Gasteiger partial charge >= 0.3 is 0 Å². The van der Waals surface area contributed by atoms with E-state index in [1.165, 1.54) is 24.3 Å². The van der Waals surface area contributed by atoms with E-state index < -0.39 is 11.3 Å². The molecule has 0 unspecified atom stereocenters. The molecule has 4 nitrogen and oxygen atoms in total. The minimum Gasteiger partial charge on any atom is -0.507 e. The van der Waals surface area contributed by atoms with Crippen LogP contribution in [0.1, 0.15) is 5.56 Å². The minimum atomic E-state index is -0.506. The fourth-order valence-electron chi connectivity index (χ4n) is 0.939. The Balaban J connectivity index is 3.35. The second-order valence-corrected chi connectivity index (χ2v) is 2.46. The first-order chi connectivity index (χ1) is 6.70. The van der Waals surface area contributed by atoms with Gasteiger partial charge in [-0.25, -0.2) is 0 Å². The van der Waals surface area contributed by atoms with Crippen molar-refractivity contribution in [3.63, 3.8) is 0 Å². The molecule has 0 saturated carbocycles. The number of nitrogens with zero attached hydrogens (tertiary/aromatic N) is 2. The molecule has 14 heavy (non-hydrogen) atoms. The smallest absolute Gasteiger partial charge is 0.171 e. The van der Waals surface area contributed by atoms with Crippen LogP contribution in [-0.2, 0) is 0 Å². The van der Waals surface area contributed by atoms with Gasteiger partial charge in [-0.05, 0) is 12.1 Å². The van der Waals surface area contributed by atoms with Gasteiger partial charge in [0, 0.05) is 0 Å². The number of hydrogen-bond acceptors (Lipinski definition) is 4. The van der Waals surface area contributed by atoms with Crippen LogP contribution in [0.3, 0.4) is 0 Å². The number of aliphatic hydroxyl groups excluding tert-OH is 1. The number of phenols is 1. The molecule has 2 N–H and O–H groups in total. The van der Waals surface area contributed by atoms with E-state index in [0.29, 0.717) is 0 Å². The van der Waals surface area contributed by atoms with E-state index >= 15 is 0 Å². The van der Waals surface area contributed by atoms with Crippen molar-refractivity contribution in [2.75, 3.05) is 0 Å². The standard InChI is InChI=1S/C10H6N2O2/c11-5-7(6-12)10(14)8-3-1-2-4-9(8)13/h1-4,13-14H. The highest BCUT2D eigenvalue weighted by atomic mass is 16.3. The number of allylic oxidation sites excluding steroid dienone is 1. The number of hydrogen-bond donors (Lipinski definition) is 2. The van der Waals surface area contributed by atoms with Crippen LogP contribution < -0.4 is 0 Å². The average molecular weight is 186 g/mol. The number of aliphatic hydroxyl groups is 1. The van der Waals surface area contributed by atoms with Crippen molar-refractivity contribution >= 4 is 5.76 Å². The second kappa shape index (κ2) is 3.97. The molecule has 0 saturated heterocycles. The fraction of sp³-hybridized carbons (Fsp3) is 0. The third-order valence-electron chi connectivity index (χ3n) is 1.62. The monoisotopic (exact) mass is 186 g/mol. The Kier molecular flexibility index (Phi) is 2.73. The summed E-state index contributed by atoms with van der Waals surface area (Å²) < 4.78 is 0. The zero-order valence-corrected chi connectivity index (χ0v) is 7.10. The van der Waals surface area contributed by atoms with Gasteiger partial charge < -0.3 is 10.2 Å². The molecule has 0 atom stereocenters. The maximum absolute atomic E-state index is 9.44. The van der Waals surface area contributed by atoms with Crippen molar-refractivity contribution in [3.8, 4) is 17.9 Å². The zero-order valence-electron chi connectivity index (χ0n) is 7.10. The number of benzene rings is 1. The molecule has 1 aromatic carbocycles. The lowest BCUT2D eigenvalue weighted by Crippen LogP contribution is -1.88. The van der Waals surface area contributed by atoms with E-state index in [-0.39, 0.29) is 11.3 Å². The van der Waals surface area contributed by atoms with Gasteiger partial charge in [0.15, 0.2) is 11.3 Å². The molecule has 4 heteroatoms. The second-order valence-electron chi connectivity index (χ2n) is 2.46. The molecule has 0 heterocycles. The first-order valence-electron chi connectivity index (χ1n) is 3.72. The molecular weight excluding hydrogens is 180 g/mol. The highest BCUT2D eigenvalue weighted by molar-refractivity contribution is 5.72. The molecular formula is C10H6N2O2. The Labute approximate surface area is 80.6 Å². The highest BCUT2D eigenvalue weighted by Gasteiger charge is 2.10. The summed E-state index contributed by atoms with van der Waals surface area (Å²) in [5, 5.41) is 35.7. The van der Waals surface area contributed by atoms with E-state index in [9.17, 15) is 10.2 Å². The summed E-state index contributed by atoms with van der Waals surface area (Å²) in [6.45, 7) is 0. The van der Waals surface area contributed by atoms with Crippen LogP contribution in [0.25, 0.3) is 5.76 Å². The van der Waals surface area contributed by atoms with Gasteiger partial charge in [0.2, 0.25) is 0 Å². The van der Waals surface area contributed by atoms with Crippen LogP contribution in [0, 0.1) is 22.7 Å². The van der Waals surface area contributed by atoms with Crippen molar-refractivity contribution in [3.05, 3.63) is 35.4 Å². The molecule has 1 aromatic rings. The van der Waals surface area contributed by atoms with Gasteiger partial charge in [-0.15, -0.1) is 0 Å². The van der Waals surface area contributed by atoms with E-state index in [1.54, 1.807) is 12.1 Å². The molecule has 1 rings (SSSR count). The molecule has 0 aromatic heterocycles. The summed E-state index contributed by atoms with van der Waals surface area (Å²) in [7, 11) is 0. The quantitative estimate of drug-likeness (QED) is 0.516. The summed E-state index contributed by atoms with van der Waals surface area (Å²) in [4.78, 5) is 0. The Morgan fingerprint density at radius 1 is 1.14 bits per heavy atom. The predicted molar refractivity (Wildman–Crippen MR) is 48.9 cm³/mol. The molecule has 0 amide bonds. The summed E-state index contributed by atoms with van der Waals surface area (Å²) in [5.41, 5.74) is -0.350. The van der Waals surface area contributed by atoms with Gasteiger partial charge in [0.05, 0.1) is 5.56 Å². The average Bonchev–Trinajstić information content (AvgIpc) is 2.20. The van der Waals surface area contributed by atoms with Gasteiger partial charge in [-0.1, -0.05) is 12.1 Å². The Morgan fingerprint density at radius 2 is 1.71 bits per heavy atom.